The number of nitrogens with zero attached hydrogens (tertiary/aromatic N) is 7. The van der Waals surface area contributed by atoms with Gasteiger partial charge in [0.15, 0.2) is 6.04 Å². The van der Waals surface area contributed by atoms with E-state index in [0.29, 0.717) is 17.8 Å². The first-order valence-electron chi connectivity index (χ1n) is 11.5. The maximum atomic E-state index is 12.7. The second kappa shape index (κ2) is 10.5. The molecule has 0 saturated heterocycles. The monoisotopic (exact) mass is 447 g/mol. The van der Waals surface area contributed by atoms with E-state index in [4.69, 9.17) is 0 Å². The van der Waals surface area contributed by atoms with Crippen LogP contribution in [0.25, 0.3) is 0 Å². The van der Waals surface area contributed by atoms with E-state index in [-0.39, 0.29) is 11.4 Å². The fourth-order valence-corrected chi connectivity index (χ4v) is 3.50. The molecule has 0 N–H and O–H groups in total. The summed E-state index contributed by atoms with van der Waals surface area (Å²) in [5.41, 5.74) is 3.68. The highest BCUT2D eigenvalue weighted by Gasteiger charge is 2.40. The van der Waals surface area contributed by atoms with Gasteiger partial charge in [0, 0.05) is 18.8 Å². The van der Waals surface area contributed by atoms with Crippen LogP contribution in [0, 0.1) is 0 Å². The van der Waals surface area contributed by atoms with Crippen LogP contribution in [0.3, 0.4) is 0 Å². The minimum atomic E-state index is -0.659. The van der Waals surface area contributed by atoms with Crippen molar-refractivity contribution in [1.82, 2.24) is 5.01 Å². The Hall–Kier alpha value is -3.42. The second-order valence-electron chi connectivity index (χ2n) is 8.79. The largest absolute Gasteiger partial charge is 0.372 e. The molecule has 0 radical (unpaired) electrons. The van der Waals surface area contributed by atoms with Gasteiger partial charge >= 0.3 is 0 Å². The van der Waals surface area contributed by atoms with Crippen LogP contribution < -0.4 is 4.90 Å². The van der Waals surface area contributed by atoms with E-state index in [2.05, 4.69) is 56.4 Å². The number of carbonyl (C=O) groups excluding carboxylic acids is 1. The molecule has 1 heterocycles. The van der Waals surface area contributed by atoms with Gasteiger partial charge in [-0.3, -0.25) is 4.79 Å². The Morgan fingerprint density at radius 2 is 1.33 bits per heavy atom. The molecule has 0 aromatic heterocycles. The SMILES string of the molecule is CCC1=NN(C(C)(C)C)C(=O)C1N=Nc1ccc(N=Nc2ccc(N(CC)CC)cc2)cc1. The molecule has 2 aromatic rings. The van der Waals surface area contributed by atoms with Crippen molar-refractivity contribution in [3.8, 4) is 0 Å². The molecule has 2 aromatic carbocycles. The average Bonchev–Trinajstić information content (AvgIpc) is 3.14. The van der Waals surface area contributed by atoms with Crippen LogP contribution >= 0.6 is 0 Å². The van der Waals surface area contributed by atoms with E-state index in [1.807, 2.05) is 64.1 Å². The first kappa shape index (κ1) is 24.2. The maximum Gasteiger partial charge on any atom is 0.275 e. The van der Waals surface area contributed by atoms with Gasteiger partial charge in [0.2, 0.25) is 0 Å². The first-order chi connectivity index (χ1) is 15.8. The molecule has 1 amide bonds. The summed E-state index contributed by atoms with van der Waals surface area (Å²) in [6, 6.07) is 14.7. The molecule has 0 saturated carbocycles. The van der Waals surface area contributed by atoms with Gasteiger partial charge in [-0.2, -0.15) is 25.6 Å². The Morgan fingerprint density at radius 1 is 0.848 bits per heavy atom. The van der Waals surface area contributed by atoms with Gasteiger partial charge in [0.25, 0.3) is 5.91 Å². The highest BCUT2D eigenvalue weighted by Crippen LogP contribution is 2.27. The molecule has 8 heteroatoms. The van der Waals surface area contributed by atoms with Crippen molar-refractivity contribution in [2.45, 2.75) is 59.5 Å². The number of benzene rings is 2. The summed E-state index contributed by atoms with van der Waals surface area (Å²) in [5, 5.41) is 23.2. The van der Waals surface area contributed by atoms with E-state index in [1.165, 1.54) is 10.7 Å². The van der Waals surface area contributed by atoms with Crippen molar-refractivity contribution in [3.05, 3.63) is 48.5 Å². The Bertz CT molecular complexity index is 1030. The molecular weight excluding hydrogens is 414 g/mol. The molecule has 0 aliphatic carbocycles. The maximum absolute atomic E-state index is 12.7. The molecule has 33 heavy (non-hydrogen) atoms. The summed E-state index contributed by atoms with van der Waals surface area (Å²) in [7, 11) is 0. The normalized spacial score (nSPS) is 16.8. The first-order valence-corrected chi connectivity index (χ1v) is 11.5. The quantitative estimate of drug-likeness (QED) is 0.416. The molecule has 1 unspecified atom stereocenters. The van der Waals surface area contributed by atoms with E-state index < -0.39 is 6.04 Å². The van der Waals surface area contributed by atoms with Gasteiger partial charge < -0.3 is 4.90 Å². The van der Waals surface area contributed by atoms with Crippen molar-refractivity contribution in [1.29, 1.82) is 0 Å². The Kier molecular flexibility index (Phi) is 7.68. The minimum Gasteiger partial charge on any atom is -0.372 e. The number of hydrogen-bond donors (Lipinski definition) is 0. The average molecular weight is 448 g/mol. The van der Waals surface area contributed by atoms with Crippen molar-refractivity contribution < 1.29 is 4.79 Å². The fourth-order valence-electron chi connectivity index (χ4n) is 3.50. The molecule has 1 atom stereocenters. The van der Waals surface area contributed by atoms with Crippen LogP contribution in [0.1, 0.15) is 48.0 Å². The number of azo groups is 2. The van der Waals surface area contributed by atoms with Crippen LogP contribution in [-0.2, 0) is 4.79 Å². The number of carbonyl (C=O) groups is 1. The van der Waals surface area contributed by atoms with Crippen LogP contribution in [0.2, 0.25) is 0 Å². The topological polar surface area (TPSA) is 85.3 Å². The van der Waals surface area contributed by atoms with E-state index in [1.54, 1.807) is 0 Å². The summed E-state index contributed by atoms with van der Waals surface area (Å²) >= 11 is 0. The summed E-state index contributed by atoms with van der Waals surface area (Å²) in [6.07, 6.45) is 0.650. The predicted octanol–water partition coefficient (Wildman–Crippen LogP) is 6.81. The third-order valence-electron chi connectivity index (χ3n) is 5.38. The lowest BCUT2D eigenvalue weighted by molar-refractivity contribution is -0.134. The summed E-state index contributed by atoms with van der Waals surface area (Å²) < 4.78 is 0. The predicted molar refractivity (Wildman–Crippen MR) is 133 cm³/mol. The molecule has 3 rings (SSSR count). The summed E-state index contributed by atoms with van der Waals surface area (Å²) in [5.74, 6) is -0.138. The number of anilines is 1. The zero-order valence-electron chi connectivity index (χ0n) is 20.4. The highest BCUT2D eigenvalue weighted by atomic mass is 16.2. The van der Waals surface area contributed by atoms with Crippen molar-refractivity contribution >= 4 is 34.4 Å². The molecular formula is C25H33N7O. The molecule has 174 valence electrons. The van der Waals surface area contributed by atoms with Crippen molar-refractivity contribution in [2.75, 3.05) is 18.0 Å². The Labute approximate surface area is 196 Å². The van der Waals surface area contributed by atoms with E-state index >= 15 is 0 Å². The van der Waals surface area contributed by atoms with Crippen molar-refractivity contribution in [2.24, 2.45) is 25.6 Å². The Balaban J connectivity index is 1.65. The number of amides is 1. The molecule has 8 nitrogen and oxygen atoms in total. The van der Waals surface area contributed by atoms with E-state index in [9.17, 15) is 4.79 Å². The zero-order valence-corrected chi connectivity index (χ0v) is 20.4. The van der Waals surface area contributed by atoms with Gasteiger partial charge in [-0.1, -0.05) is 6.92 Å². The third-order valence-corrected chi connectivity index (χ3v) is 5.38. The minimum absolute atomic E-state index is 0.138. The molecule has 0 spiro atoms. The van der Waals surface area contributed by atoms with Crippen LogP contribution in [0.4, 0.5) is 22.7 Å². The van der Waals surface area contributed by atoms with Crippen molar-refractivity contribution in [3.63, 3.8) is 0 Å². The van der Waals surface area contributed by atoms with E-state index in [0.717, 1.165) is 24.5 Å². The number of rotatable bonds is 8. The van der Waals surface area contributed by atoms with Crippen LogP contribution in [-0.4, -0.2) is 41.3 Å². The fraction of sp³-hybridized carbons (Fsp3) is 0.440. The number of hydrogen-bond acceptors (Lipinski definition) is 7. The van der Waals surface area contributed by atoms with Crippen LogP contribution in [0.5, 0.6) is 0 Å². The smallest absolute Gasteiger partial charge is 0.275 e. The van der Waals surface area contributed by atoms with Gasteiger partial charge in [-0.05, 0) is 89.6 Å². The molecule has 1 aliphatic rings. The van der Waals surface area contributed by atoms with Crippen LogP contribution in [0.15, 0.2) is 74.1 Å². The van der Waals surface area contributed by atoms with Gasteiger partial charge in [0.1, 0.15) is 0 Å². The zero-order chi connectivity index (χ0) is 24.0. The molecule has 0 fully saturated rings. The Morgan fingerprint density at radius 3 is 1.79 bits per heavy atom. The summed E-state index contributed by atoms with van der Waals surface area (Å²) in [4.78, 5) is 15.0. The number of hydrazone groups is 1. The lowest BCUT2D eigenvalue weighted by Gasteiger charge is -2.27. The highest BCUT2D eigenvalue weighted by molar-refractivity contribution is 6.12. The lowest BCUT2D eigenvalue weighted by Crippen LogP contribution is -2.42. The third kappa shape index (κ3) is 5.88. The summed E-state index contributed by atoms with van der Waals surface area (Å²) in [6.45, 7) is 14.0. The second-order valence-corrected chi connectivity index (χ2v) is 8.79. The standard InChI is InChI=1S/C25H33N7O/c1-7-22-23(24(33)32(30-22)25(4,5)6)29-28-19-12-10-18(11-13-19)26-27-20-14-16-21(17-15-20)31(8-2)9-3/h10-17,23H,7-9H2,1-6H3. The van der Waals surface area contributed by atoms with Gasteiger partial charge in [-0.15, -0.1) is 0 Å². The molecule has 0 bridgehead atoms. The van der Waals surface area contributed by atoms with Gasteiger partial charge in [0.05, 0.1) is 28.3 Å². The van der Waals surface area contributed by atoms with Gasteiger partial charge in [-0.25, -0.2) is 5.01 Å². The lowest BCUT2D eigenvalue weighted by atomic mass is 10.1. The molecule has 1 aliphatic heterocycles.